The van der Waals surface area contributed by atoms with Crippen molar-refractivity contribution >= 4 is 11.9 Å². The maximum absolute atomic E-state index is 12.2. The molecule has 0 unspecified atom stereocenters. The second kappa shape index (κ2) is 8.41. The smallest absolute Gasteiger partial charge is 0.325 e. The second-order valence-corrected chi connectivity index (χ2v) is 5.54. The Hall–Kier alpha value is -2.04. The average Bonchev–Trinajstić information content (AvgIpc) is 2.47. The Morgan fingerprint density at radius 1 is 1.18 bits per heavy atom. The first kappa shape index (κ1) is 18.0. The summed E-state index contributed by atoms with van der Waals surface area (Å²) in [5, 5.41) is 0. The lowest BCUT2D eigenvalue weighted by Gasteiger charge is -2.25. The third-order valence-electron chi connectivity index (χ3n) is 3.53. The Morgan fingerprint density at radius 3 is 2.41 bits per heavy atom. The highest BCUT2D eigenvalue weighted by atomic mass is 16.5. The first-order chi connectivity index (χ1) is 10.3. The summed E-state index contributed by atoms with van der Waals surface area (Å²) >= 11 is 0. The van der Waals surface area contributed by atoms with Crippen LogP contribution in [0.5, 0.6) is 5.75 Å². The van der Waals surface area contributed by atoms with Crippen LogP contribution in [0, 0.1) is 13.8 Å². The molecular formula is C17H25NO4. The van der Waals surface area contributed by atoms with Crippen LogP contribution >= 0.6 is 0 Å². The van der Waals surface area contributed by atoms with Gasteiger partial charge in [0.2, 0.25) is 5.91 Å². The number of ether oxygens (including phenoxy) is 2. The summed E-state index contributed by atoms with van der Waals surface area (Å²) in [7, 11) is 1.31. The van der Waals surface area contributed by atoms with Gasteiger partial charge in [0.15, 0.2) is 0 Å². The molecule has 0 atom stereocenters. The number of carbonyl (C=O) groups excluding carboxylic acids is 2. The van der Waals surface area contributed by atoms with Crippen molar-refractivity contribution in [2.24, 2.45) is 0 Å². The van der Waals surface area contributed by atoms with Crippen molar-refractivity contribution in [1.82, 2.24) is 4.90 Å². The molecule has 1 aromatic carbocycles. The Bertz CT molecular complexity index is 525. The number of aryl methyl sites for hydroxylation is 2. The quantitative estimate of drug-likeness (QED) is 0.726. The summed E-state index contributed by atoms with van der Waals surface area (Å²) < 4.78 is 10.2. The van der Waals surface area contributed by atoms with Gasteiger partial charge in [0.05, 0.1) is 20.1 Å². The number of methoxy groups -OCH3 is 1. The van der Waals surface area contributed by atoms with Crippen molar-refractivity contribution in [3.63, 3.8) is 0 Å². The lowest BCUT2D eigenvalue weighted by molar-refractivity contribution is -0.148. The predicted octanol–water partition coefficient (Wildman–Crippen LogP) is 2.48. The maximum atomic E-state index is 12.2. The minimum Gasteiger partial charge on any atom is -0.493 e. The van der Waals surface area contributed by atoms with Gasteiger partial charge in [-0.1, -0.05) is 6.07 Å². The number of hydrogen-bond acceptors (Lipinski definition) is 4. The Kier molecular flexibility index (Phi) is 6.89. The van der Waals surface area contributed by atoms with Gasteiger partial charge in [-0.05, 0) is 51.0 Å². The molecule has 22 heavy (non-hydrogen) atoms. The zero-order valence-corrected chi connectivity index (χ0v) is 14.0. The van der Waals surface area contributed by atoms with E-state index in [0.29, 0.717) is 0 Å². The van der Waals surface area contributed by atoms with Crippen LogP contribution in [-0.4, -0.2) is 43.1 Å². The third-order valence-corrected chi connectivity index (χ3v) is 3.53. The van der Waals surface area contributed by atoms with E-state index < -0.39 is 5.97 Å². The number of rotatable bonds is 7. The molecular weight excluding hydrogens is 282 g/mol. The Morgan fingerprint density at radius 2 is 1.86 bits per heavy atom. The highest BCUT2D eigenvalue weighted by Crippen LogP contribution is 2.16. The highest BCUT2D eigenvalue weighted by Gasteiger charge is 2.20. The van der Waals surface area contributed by atoms with E-state index in [1.807, 2.05) is 45.9 Å². The molecule has 1 aromatic rings. The van der Waals surface area contributed by atoms with Crippen LogP contribution < -0.4 is 4.74 Å². The number of amides is 1. The van der Waals surface area contributed by atoms with Crippen LogP contribution in [-0.2, 0) is 14.3 Å². The molecule has 0 fully saturated rings. The van der Waals surface area contributed by atoms with E-state index in [2.05, 4.69) is 4.74 Å². The predicted molar refractivity (Wildman–Crippen MR) is 84.9 cm³/mol. The molecule has 0 heterocycles. The van der Waals surface area contributed by atoms with Crippen LogP contribution in [0.15, 0.2) is 18.2 Å². The van der Waals surface area contributed by atoms with Crippen molar-refractivity contribution in [1.29, 1.82) is 0 Å². The molecule has 0 bridgehead atoms. The van der Waals surface area contributed by atoms with Crippen molar-refractivity contribution in [3.05, 3.63) is 29.3 Å². The third kappa shape index (κ3) is 5.39. The monoisotopic (exact) mass is 307 g/mol. The molecule has 0 aliphatic carbocycles. The zero-order chi connectivity index (χ0) is 16.7. The van der Waals surface area contributed by atoms with Crippen molar-refractivity contribution in [2.75, 3.05) is 20.3 Å². The first-order valence-electron chi connectivity index (χ1n) is 7.41. The van der Waals surface area contributed by atoms with Gasteiger partial charge in [-0.3, -0.25) is 9.59 Å². The topological polar surface area (TPSA) is 55.8 Å². The van der Waals surface area contributed by atoms with Crippen LogP contribution in [0.1, 0.15) is 31.4 Å². The van der Waals surface area contributed by atoms with Gasteiger partial charge < -0.3 is 14.4 Å². The SMILES string of the molecule is COC(=O)CN(C(=O)CCOc1ccc(C)c(C)c1)C(C)C. The second-order valence-electron chi connectivity index (χ2n) is 5.54. The summed E-state index contributed by atoms with van der Waals surface area (Å²) in [5.74, 6) is 0.210. The van der Waals surface area contributed by atoms with Gasteiger partial charge in [-0.2, -0.15) is 0 Å². The molecule has 0 N–H and O–H groups in total. The maximum Gasteiger partial charge on any atom is 0.325 e. The summed E-state index contributed by atoms with van der Waals surface area (Å²) in [4.78, 5) is 25.0. The minimum atomic E-state index is -0.419. The molecule has 0 aromatic heterocycles. The van der Waals surface area contributed by atoms with E-state index in [4.69, 9.17) is 4.74 Å². The van der Waals surface area contributed by atoms with Crippen LogP contribution in [0.2, 0.25) is 0 Å². The van der Waals surface area contributed by atoms with Gasteiger partial charge in [-0.25, -0.2) is 0 Å². The Balaban J connectivity index is 2.52. The molecule has 0 saturated carbocycles. The molecule has 0 radical (unpaired) electrons. The highest BCUT2D eigenvalue weighted by molar-refractivity contribution is 5.82. The van der Waals surface area contributed by atoms with Gasteiger partial charge in [0.1, 0.15) is 12.3 Å². The van der Waals surface area contributed by atoms with E-state index in [1.54, 1.807) is 0 Å². The number of carbonyl (C=O) groups is 2. The molecule has 122 valence electrons. The molecule has 5 heteroatoms. The number of esters is 1. The lowest BCUT2D eigenvalue weighted by atomic mass is 10.1. The van der Waals surface area contributed by atoms with Gasteiger partial charge in [0.25, 0.3) is 0 Å². The van der Waals surface area contributed by atoms with E-state index in [1.165, 1.54) is 17.6 Å². The van der Waals surface area contributed by atoms with E-state index in [0.717, 1.165) is 11.3 Å². The van der Waals surface area contributed by atoms with E-state index in [9.17, 15) is 9.59 Å². The summed E-state index contributed by atoms with van der Waals surface area (Å²) in [6.07, 6.45) is 0.224. The number of hydrogen-bond donors (Lipinski definition) is 0. The number of nitrogens with zero attached hydrogens (tertiary/aromatic N) is 1. The largest absolute Gasteiger partial charge is 0.493 e. The molecule has 1 rings (SSSR count). The fraction of sp³-hybridized carbons (Fsp3) is 0.529. The van der Waals surface area contributed by atoms with Gasteiger partial charge in [0, 0.05) is 6.04 Å². The molecule has 5 nitrogen and oxygen atoms in total. The normalized spacial score (nSPS) is 10.5. The fourth-order valence-electron chi connectivity index (χ4n) is 1.97. The first-order valence-corrected chi connectivity index (χ1v) is 7.41. The average molecular weight is 307 g/mol. The molecule has 1 amide bonds. The van der Waals surface area contributed by atoms with Gasteiger partial charge in [-0.15, -0.1) is 0 Å². The van der Waals surface area contributed by atoms with Gasteiger partial charge >= 0.3 is 5.97 Å². The lowest BCUT2D eigenvalue weighted by Crippen LogP contribution is -2.41. The zero-order valence-electron chi connectivity index (χ0n) is 14.0. The van der Waals surface area contributed by atoms with Crippen LogP contribution in [0.3, 0.4) is 0 Å². The van der Waals surface area contributed by atoms with Crippen LogP contribution in [0.4, 0.5) is 0 Å². The van der Waals surface area contributed by atoms with Crippen molar-refractivity contribution < 1.29 is 19.1 Å². The minimum absolute atomic E-state index is 0.0311. The number of benzene rings is 1. The summed E-state index contributed by atoms with van der Waals surface area (Å²) in [5.41, 5.74) is 2.35. The Labute approximate surface area is 132 Å². The van der Waals surface area contributed by atoms with E-state index >= 15 is 0 Å². The van der Waals surface area contributed by atoms with E-state index in [-0.39, 0.29) is 31.5 Å². The molecule has 0 saturated heterocycles. The standard InChI is InChI=1S/C17H25NO4/c1-12(2)18(11-17(20)21-5)16(19)8-9-22-15-7-6-13(3)14(4)10-15/h6-7,10,12H,8-9,11H2,1-5H3. The fourth-order valence-corrected chi connectivity index (χ4v) is 1.97. The summed E-state index contributed by atoms with van der Waals surface area (Å²) in [6.45, 7) is 8.04. The van der Waals surface area contributed by atoms with Crippen molar-refractivity contribution in [2.45, 2.75) is 40.2 Å². The summed E-state index contributed by atoms with van der Waals surface area (Å²) in [6, 6.07) is 5.77. The molecule has 0 aliphatic heterocycles. The molecule has 0 aliphatic rings. The molecule has 0 spiro atoms. The van der Waals surface area contributed by atoms with Crippen LogP contribution in [0.25, 0.3) is 0 Å². The van der Waals surface area contributed by atoms with Crippen molar-refractivity contribution in [3.8, 4) is 5.75 Å².